The number of amides is 1. The molecule has 0 aliphatic carbocycles. The molecule has 0 aliphatic heterocycles. The van der Waals surface area contributed by atoms with Crippen molar-refractivity contribution in [1.29, 1.82) is 0 Å². The van der Waals surface area contributed by atoms with E-state index < -0.39 is 37.3 Å². The van der Waals surface area contributed by atoms with E-state index in [1.165, 1.54) is 25.4 Å². The van der Waals surface area contributed by atoms with Crippen molar-refractivity contribution in [2.45, 2.75) is 19.1 Å². The van der Waals surface area contributed by atoms with Gasteiger partial charge in [-0.15, -0.1) is 0 Å². The van der Waals surface area contributed by atoms with Crippen LogP contribution in [0.2, 0.25) is 0 Å². The first kappa shape index (κ1) is 25.0. The minimum Gasteiger partial charge on any atom is -0.497 e. The molecule has 15 heteroatoms. The molecular weight excluding hydrogens is 498 g/mol. The van der Waals surface area contributed by atoms with Crippen molar-refractivity contribution in [3.05, 3.63) is 60.2 Å². The zero-order valence-electron chi connectivity index (χ0n) is 18.3. The highest BCUT2D eigenvalue weighted by Gasteiger charge is 2.36. The molecule has 0 radical (unpaired) electrons. The third kappa shape index (κ3) is 5.56. The normalized spacial score (nSPS) is 12.2. The molecule has 4 rings (SSSR count). The Hall–Kier alpha value is -4.14. The SMILES string of the molecule is COc1ccc(-c2cc(C(F)(F)F)n3ncc(C(=O)Nc4cnn(COCC(F)(F)F)c4)c3n2)cc1. The van der Waals surface area contributed by atoms with Crippen LogP contribution in [0.15, 0.2) is 48.9 Å². The van der Waals surface area contributed by atoms with Crippen molar-refractivity contribution in [2.75, 3.05) is 19.0 Å². The van der Waals surface area contributed by atoms with Crippen LogP contribution in [0.25, 0.3) is 16.9 Å². The molecule has 1 aromatic carbocycles. The molecular formula is C21H16F6N6O3. The molecule has 0 bridgehead atoms. The van der Waals surface area contributed by atoms with Gasteiger partial charge < -0.3 is 14.8 Å². The van der Waals surface area contributed by atoms with Gasteiger partial charge in [-0.3, -0.25) is 4.79 Å². The van der Waals surface area contributed by atoms with Gasteiger partial charge in [0.1, 0.15) is 24.7 Å². The van der Waals surface area contributed by atoms with Crippen LogP contribution >= 0.6 is 0 Å². The minimum atomic E-state index is -4.81. The molecule has 4 aromatic rings. The summed E-state index contributed by atoms with van der Waals surface area (Å²) in [6.07, 6.45) is -6.06. The number of nitrogens with one attached hydrogen (secondary N) is 1. The summed E-state index contributed by atoms with van der Waals surface area (Å²) in [5, 5.41) is 9.85. The Morgan fingerprint density at radius 3 is 2.42 bits per heavy atom. The maximum atomic E-state index is 13.8. The molecule has 0 fully saturated rings. The summed E-state index contributed by atoms with van der Waals surface area (Å²) in [4.78, 5) is 17.0. The zero-order chi connectivity index (χ0) is 26.1. The van der Waals surface area contributed by atoms with Crippen LogP contribution in [-0.2, 0) is 17.6 Å². The van der Waals surface area contributed by atoms with E-state index in [4.69, 9.17) is 4.74 Å². The highest BCUT2D eigenvalue weighted by atomic mass is 19.4. The number of hydrogen-bond donors (Lipinski definition) is 1. The first-order valence-corrected chi connectivity index (χ1v) is 10.0. The molecule has 0 spiro atoms. The van der Waals surface area contributed by atoms with Gasteiger partial charge >= 0.3 is 12.4 Å². The molecule has 0 atom stereocenters. The average molecular weight is 514 g/mol. The van der Waals surface area contributed by atoms with E-state index in [2.05, 4.69) is 25.2 Å². The lowest BCUT2D eigenvalue weighted by atomic mass is 10.1. The van der Waals surface area contributed by atoms with Gasteiger partial charge in [0.15, 0.2) is 11.3 Å². The van der Waals surface area contributed by atoms with Crippen molar-refractivity contribution in [3.63, 3.8) is 0 Å². The van der Waals surface area contributed by atoms with Gasteiger partial charge in [0.25, 0.3) is 5.91 Å². The van der Waals surface area contributed by atoms with Crippen LogP contribution in [-0.4, -0.2) is 50.2 Å². The number of ether oxygens (including phenoxy) is 2. The number of anilines is 1. The van der Waals surface area contributed by atoms with E-state index in [1.807, 2.05) is 0 Å². The quantitative estimate of drug-likeness (QED) is 0.367. The second kappa shape index (κ2) is 9.49. The minimum absolute atomic E-state index is 0.0540. The molecule has 1 amide bonds. The van der Waals surface area contributed by atoms with E-state index in [1.54, 1.807) is 12.1 Å². The number of carbonyl (C=O) groups is 1. The monoisotopic (exact) mass is 514 g/mol. The number of rotatable bonds is 7. The van der Waals surface area contributed by atoms with E-state index in [9.17, 15) is 31.1 Å². The number of carbonyl (C=O) groups excluding carboxylic acids is 1. The summed E-state index contributed by atoms with van der Waals surface area (Å²) in [6, 6.07) is 6.95. The van der Waals surface area contributed by atoms with Gasteiger partial charge in [-0.25, -0.2) is 14.2 Å². The number of benzene rings is 1. The maximum absolute atomic E-state index is 13.8. The fraction of sp³-hybridized carbons (Fsp3) is 0.238. The number of fused-ring (bicyclic) bond motifs is 1. The predicted octanol–water partition coefficient (Wildman–Crippen LogP) is 4.41. The molecule has 1 N–H and O–H groups in total. The fourth-order valence-electron chi connectivity index (χ4n) is 3.19. The largest absolute Gasteiger partial charge is 0.497 e. The summed E-state index contributed by atoms with van der Waals surface area (Å²) in [5.74, 6) is -0.363. The van der Waals surface area contributed by atoms with Gasteiger partial charge in [-0.2, -0.15) is 36.5 Å². The number of aromatic nitrogens is 5. The Labute approximate surface area is 198 Å². The first-order valence-electron chi connectivity index (χ1n) is 10.0. The summed E-state index contributed by atoms with van der Waals surface area (Å²) >= 11 is 0. The molecule has 3 aromatic heterocycles. The Morgan fingerprint density at radius 2 is 1.78 bits per heavy atom. The first-order chi connectivity index (χ1) is 16.9. The lowest BCUT2D eigenvalue weighted by molar-refractivity contribution is -0.182. The Kier molecular flexibility index (Phi) is 6.58. The van der Waals surface area contributed by atoms with E-state index in [0.717, 1.165) is 23.1 Å². The topological polar surface area (TPSA) is 95.6 Å². The molecule has 0 saturated heterocycles. The van der Waals surface area contributed by atoms with Crippen LogP contribution in [0.3, 0.4) is 0 Å². The van der Waals surface area contributed by atoms with E-state index in [-0.39, 0.29) is 22.6 Å². The van der Waals surface area contributed by atoms with Gasteiger partial charge in [0.05, 0.1) is 37.1 Å². The Balaban J connectivity index is 1.62. The lowest BCUT2D eigenvalue weighted by Crippen LogP contribution is -2.18. The second-order valence-corrected chi connectivity index (χ2v) is 7.36. The van der Waals surface area contributed by atoms with Gasteiger partial charge in [-0.05, 0) is 30.3 Å². The number of methoxy groups -OCH3 is 1. The number of halogens is 6. The van der Waals surface area contributed by atoms with Crippen LogP contribution in [0.1, 0.15) is 16.1 Å². The van der Waals surface area contributed by atoms with Gasteiger partial charge in [0, 0.05) is 5.56 Å². The zero-order valence-corrected chi connectivity index (χ0v) is 18.3. The third-order valence-electron chi connectivity index (χ3n) is 4.77. The number of nitrogens with zero attached hydrogens (tertiary/aromatic N) is 5. The number of hydrogen-bond acceptors (Lipinski definition) is 6. The van der Waals surface area contributed by atoms with Crippen molar-refractivity contribution in [3.8, 4) is 17.0 Å². The summed E-state index contributed by atoms with van der Waals surface area (Å²) in [6.45, 7) is -2.02. The summed E-state index contributed by atoms with van der Waals surface area (Å²) in [7, 11) is 1.44. The van der Waals surface area contributed by atoms with Crippen LogP contribution in [0.4, 0.5) is 32.0 Å². The second-order valence-electron chi connectivity index (χ2n) is 7.36. The smallest absolute Gasteiger partial charge is 0.433 e. The molecule has 36 heavy (non-hydrogen) atoms. The molecule has 9 nitrogen and oxygen atoms in total. The van der Waals surface area contributed by atoms with Crippen molar-refractivity contribution >= 4 is 17.2 Å². The highest BCUT2D eigenvalue weighted by molar-refractivity contribution is 6.08. The van der Waals surface area contributed by atoms with E-state index in [0.29, 0.717) is 15.8 Å². The predicted molar refractivity (Wildman–Crippen MR) is 112 cm³/mol. The van der Waals surface area contributed by atoms with Crippen molar-refractivity contribution in [1.82, 2.24) is 24.4 Å². The van der Waals surface area contributed by atoms with E-state index >= 15 is 0 Å². The van der Waals surface area contributed by atoms with Gasteiger partial charge in [-0.1, -0.05) is 0 Å². The molecule has 0 aliphatic rings. The summed E-state index contributed by atoms with van der Waals surface area (Å²) in [5.41, 5.74) is -1.41. The average Bonchev–Trinajstić information content (AvgIpc) is 3.43. The maximum Gasteiger partial charge on any atom is 0.433 e. The Bertz CT molecular complexity index is 1380. The van der Waals surface area contributed by atoms with Crippen LogP contribution in [0, 0.1) is 0 Å². The molecule has 190 valence electrons. The summed E-state index contributed by atoms with van der Waals surface area (Å²) < 4.78 is 88.9. The lowest BCUT2D eigenvalue weighted by Gasteiger charge is -2.12. The highest BCUT2D eigenvalue weighted by Crippen LogP contribution is 2.33. The van der Waals surface area contributed by atoms with Crippen molar-refractivity contribution < 1.29 is 40.6 Å². The molecule has 0 saturated carbocycles. The number of alkyl halides is 6. The fourth-order valence-corrected chi connectivity index (χ4v) is 3.19. The third-order valence-corrected chi connectivity index (χ3v) is 4.77. The Morgan fingerprint density at radius 1 is 1.06 bits per heavy atom. The van der Waals surface area contributed by atoms with Crippen LogP contribution < -0.4 is 10.1 Å². The molecule has 3 heterocycles. The van der Waals surface area contributed by atoms with Crippen molar-refractivity contribution in [2.24, 2.45) is 0 Å². The standard InChI is InChI=1S/C21H16F6N6O3/c1-35-14-4-2-12(3-5-14)16-6-17(21(25,26)27)33-18(31-16)15(8-29-33)19(34)30-13-7-28-32(9-13)11-36-10-20(22,23)24/h2-9H,10-11H2,1H3,(H,30,34). The molecule has 0 unspecified atom stereocenters. The van der Waals surface area contributed by atoms with Gasteiger partial charge in [0.2, 0.25) is 0 Å². The van der Waals surface area contributed by atoms with Crippen LogP contribution in [0.5, 0.6) is 5.75 Å².